The van der Waals surface area contributed by atoms with Gasteiger partial charge in [0.05, 0.1) is 17.6 Å². The van der Waals surface area contributed by atoms with Gasteiger partial charge in [-0.15, -0.1) is 18.0 Å². The Morgan fingerprint density at radius 2 is 2.35 bits per heavy atom. The number of halogens is 1. The molecule has 0 saturated carbocycles. The second-order valence-electron chi connectivity index (χ2n) is 3.99. The maximum Gasteiger partial charge on any atom is 0.0784 e. The Morgan fingerprint density at radius 3 is 3.06 bits per heavy atom. The Morgan fingerprint density at radius 1 is 1.53 bits per heavy atom. The van der Waals surface area contributed by atoms with Crippen molar-refractivity contribution in [1.29, 1.82) is 0 Å². The standard InChI is InChI=1S/C15H19ClO/c1-3-5-7-12-15-14(16)11-9-6-8-10-13(4-2)17-15/h1,5-10,13-15H,4,11-12H2,2H3/b7-5-,9-6-,10-8-/t13?,14-,15?/m0/s1. The zero-order chi connectivity index (χ0) is 12.5. The molecule has 0 aromatic heterocycles. The van der Waals surface area contributed by atoms with Crippen LogP contribution < -0.4 is 0 Å². The molecule has 0 N–H and O–H groups in total. The van der Waals surface area contributed by atoms with Crippen LogP contribution in [0, 0.1) is 12.3 Å². The molecule has 2 unspecified atom stereocenters. The molecule has 0 aromatic carbocycles. The van der Waals surface area contributed by atoms with Crippen molar-refractivity contribution in [3.05, 3.63) is 36.5 Å². The molecule has 92 valence electrons. The van der Waals surface area contributed by atoms with Crippen molar-refractivity contribution in [3.8, 4) is 12.3 Å². The molecule has 0 fully saturated rings. The zero-order valence-electron chi connectivity index (χ0n) is 10.2. The lowest BCUT2D eigenvalue weighted by molar-refractivity contribution is 0.0119. The van der Waals surface area contributed by atoms with Crippen molar-refractivity contribution in [1.82, 2.24) is 0 Å². The summed E-state index contributed by atoms with van der Waals surface area (Å²) >= 11 is 6.34. The second kappa shape index (κ2) is 8.17. The SMILES string of the molecule is C#C/C=C\CC1OC(CC)/C=C\C=C/C[C@@H]1Cl. The summed E-state index contributed by atoms with van der Waals surface area (Å²) in [4.78, 5) is 0. The van der Waals surface area contributed by atoms with E-state index in [0.717, 1.165) is 19.3 Å². The molecule has 0 aromatic rings. The van der Waals surface area contributed by atoms with E-state index < -0.39 is 0 Å². The van der Waals surface area contributed by atoms with Crippen molar-refractivity contribution in [2.24, 2.45) is 0 Å². The highest BCUT2D eigenvalue weighted by molar-refractivity contribution is 6.21. The monoisotopic (exact) mass is 250 g/mol. The fourth-order valence-electron chi connectivity index (χ4n) is 1.69. The third-order valence-corrected chi connectivity index (χ3v) is 3.13. The van der Waals surface area contributed by atoms with Gasteiger partial charge in [0, 0.05) is 0 Å². The average molecular weight is 251 g/mol. The maximum absolute atomic E-state index is 6.34. The number of terminal acetylenes is 1. The average Bonchev–Trinajstić information content (AvgIpc) is 2.42. The van der Waals surface area contributed by atoms with Crippen LogP contribution >= 0.6 is 11.6 Å². The number of ether oxygens (including phenoxy) is 1. The predicted octanol–water partition coefficient (Wildman–Crippen LogP) is 3.85. The number of rotatable bonds is 3. The quantitative estimate of drug-likeness (QED) is 0.546. The van der Waals surface area contributed by atoms with E-state index in [9.17, 15) is 0 Å². The summed E-state index contributed by atoms with van der Waals surface area (Å²) in [6.45, 7) is 2.11. The largest absolute Gasteiger partial charge is 0.369 e. The molecule has 0 bridgehead atoms. The van der Waals surface area contributed by atoms with Gasteiger partial charge in [0.2, 0.25) is 0 Å². The van der Waals surface area contributed by atoms with Gasteiger partial charge in [0.25, 0.3) is 0 Å². The molecule has 0 amide bonds. The minimum absolute atomic E-state index is 0.0115. The van der Waals surface area contributed by atoms with Crippen LogP contribution in [0.3, 0.4) is 0 Å². The molecule has 3 atom stereocenters. The van der Waals surface area contributed by atoms with Crippen LogP contribution in [0.25, 0.3) is 0 Å². The van der Waals surface area contributed by atoms with Gasteiger partial charge in [-0.2, -0.15) is 0 Å². The molecule has 17 heavy (non-hydrogen) atoms. The summed E-state index contributed by atoms with van der Waals surface area (Å²) < 4.78 is 6.00. The molecule has 1 aliphatic rings. The van der Waals surface area contributed by atoms with Gasteiger partial charge in [-0.25, -0.2) is 0 Å². The normalized spacial score (nSPS) is 33.4. The third-order valence-electron chi connectivity index (χ3n) is 2.67. The number of allylic oxidation sites excluding steroid dienone is 4. The van der Waals surface area contributed by atoms with Crippen LogP contribution in [0.4, 0.5) is 0 Å². The summed E-state index contributed by atoms with van der Waals surface area (Å²) in [7, 11) is 0. The summed E-state index contributed by atoms with van der Waals surface area (Å²) in [6.07, 6.45) is 19.7. The first kappa shape index (κ1) is 14.1. The summed E-state index contributed by atoms with van der Waals surface area (Å²) in [5, 5.41) is -0.0115. The molecule has 0 spiro atoms. The van der Waals surface area contributed by atoms with Crippen LogP contribution in [-0.4, -0.2) is 17.6 Å². The van der Waals surface area contributed by atoms with Crippen LogP contribution in [-0.2, 0) is 4.74 Å². The Hall–Kier alpha value is -0.970. The number of hydrogen-bond donors (Lipinski definition) is 0. The van der Waals surface area contributed by atoms with E-state index in [2.05, 4.69) is 25.0 Å². The van der Waals surface area contributed by atoms with Gasteiger partial charge in [-0.3, -0.25) is 0 Å². The van der Waals surface area contributed by atoms with E-state index in [-0.39, 0.29) is 17.6 Å². The van der Waals surface area contributed by atoms with Crippen molar-refractivity contribution in [2.45, 2.75) is 43.8 Å². The van der Waals surface area contributed by atoms with E-state index in [1.54, 1.807) is 6.08 Å². The van der Waals surface area contributed by atoms with E-state index >= 15 is 0 Å². The molecule has 1 aliphatic heterocycles. The van der Waals surface area contributed by atoms with E-state index in [1.165, 1.54) is 0 Å². The van der Waals surface area contributed by atoms with Crippen LogP contribution in [0.15, 0.2) is 36.5 Å². The molecule has 0 saturated heterocycles. The van der Waals surface area contributed by atoms with Crippen LogP contribution in [0.2, 0.25) is 0 Å². The maximum atomic E-state index is 6.34. The molecule has 2 heteroatoms. The fourth-order valence-corrected chi connectivity index (χ4v) is 1.95. The highest BCUT2D eigenvalue weighted by Gasteiger charge is 2.21. The van der Waals surface area contributed by atoms with Crippen molar-refractivity contribution in [3.63, 3.8) is 0 Å². The molecular formula is C15H19ClO. The number of alkyl halides is 1. The van der Waals surface area contributed by atoms with Gasteiger partial charge in [0.1, 0.15) is 0 Å². The summed E-state index contributed by atoms with van der Waals surface area (Å²) in [5.41, 5.74) is 0. The Labute approximate surface area is 109 Å². The first-order valence-corrected chi connectivity index (χ1v) is 6.45. The van der Waals surface area contributed by atoms with E-state index in [0.29, 0.717) is 0 Å². The van der Waals surface area contributed by atoms with Gasteiger partial charge < -0.3 is 4.74 Å². The minimum Gasteiger partial charge on any atom is -0.369 e. The van der Waals surface area contributed by atoms with Crippen LogP contribution in [0.5, 0.6) is 0 Å². The smallest absolute Gasteiger partial charge is 0.0784 e. The van der Waals surface area contributed by atoms with E-state index in [1.807, 2.05) is 18.2 Å². The predicted molar refractivity (Wildman–Crippen MR) is 74.1 cm³/mol. The van der Waals surface area contributed by atoms with Gasteiger partial charge in [-0.1, -0.05) is 43.2 Å². The lowest BCUT2D eigenvalue weighted by Gasteiger charge is -2.24. The summed E-state index contributed by atoms with van der Waals surface area (Å²) in [5.74, 6) is 2.48. The molecular weight excluding hydrogens is 232 g/mol. The van der Waals surface area contributed by atoms with E-state index in [4.69, 9.17) is 22.8 Å². The third kappa shape index (κ3) is 5.26. The van der Waals surface area contributed by atoms with Crippen molar-refractivity contribution >= 4 is 11.6 Å². The first-order valence-electron chi connectivity index (χ1n) is 6.02. The van der Waals surface area contributed by atoms with Crippen molar-refractivity contribution < 1.29 is 4.74 Å². The molecule has 1 nitrogen and oxygen atoms in total. The summed E-state index contributed by atoms with van der Waals surface area (Å²) in [6, 6.07) is 0. The Bertz CT molecular complexity index is 335. The van der Waals surface area contributed by atoms with Gasteiger partial charge in [0.15, 0.2) is 0 Å². The first-order chi connectivity index (χ1) is 8.27. The zero-order valence-corrected chi connectivity index (χ0v) is 10.9. The Kier molecular flexibility index (Phi) is 6.77. The lowest BCUT2D eigenvalue weighted by atomic mass is 10.1. The topological polar surface area (TPSA) is 9.23 Å². The highest BCUT2D eigenvalue weighted by atomic mass is 35.5. The molecule has 1 rings (SSSR count). The molecule has 0 aliphatic carbocycles. The van der Waals surface area contributed by atoms with Crippen LogP contribution in [0.1, 0.15) is 26.2 Å². The lowest BCUT2D eigenvalue weighted by Crippen LogP contribution is -2.28. The highest BCUT2D eigenvalue weighted by Crippen LogP contribution is 2.20. The molecule has 0 radical (unpaired) electrons. The second-order valence-corrected chi connectivity index (χ2v) is 4.55. The number of hydrogen-bond acceptors (Lipinski definition) is 1. The fraction of sp³-hybridized carbons (Fsp3) is 0.467. The molecule has 1 heterocycles. The minimum atomic E-state index is -0.0115. The van der Waals surface area contributed by atoms with Crippen molar-refractivity contribution in [2.75, 3.05) is 0 Å². The van der Waals surface area contributed by atoms with Gasteiger partial charge in [-0.05, 0) is 25.3 Å². The Balaban J connectivity index is 2.68. The van der Waals surface area contributed by atoms with Gasteiger partial charge >= 0.3 is 0 Å².